The van der Waals surface area contributed by atoms with Crippen molar-refractivity contribution < 1.29 is 14.3 Å². The molecule has 7 heteroatoms. The van der Waals surface area contributed by atoms with Crippen molar-refractivity contribution in [2.75, 3.05) is 21.3 Å². The first-order chi connectivity index (χ1) is 9.47. The molecule has 0 bridgehead atoms. The molecule has 0 radical (unpaired) electrons. The van der Waals surface area contributed by atoms with Gasteiger partial charge >= 0.3 is 0 Å². The van der Waals surface area contributed by atoms with Crippen molar-refractivity contribution >= 4 is 62.9 Å². The molecule has 1 fully saturated rings. The third-order valence-electron chi connectivity index (χ3n) is 2.74. The van der Waals surface area contributed by atoms with Crippen LogP contribution >= 0.6 is 46.6 Å². The smallest absolute Gasteiger partial charge is 0.265 e. The minimum atomic E-state index is -0.0789. The van der Waals surface area contributed by atoms with Gasteiger partial charge in [0.15, 0.2) is 11.5 Å². The number of carbonyl (C=O) groups excluding carboxylic acids is 1. The van der Waals surface area contributed by atoms with Crippen molar-refractivity contribution in [1.29, 1.82) is 0 Å². The largest absolute Gasteiger partial charge is 0.493 e. The van der Waals surface area contributed by atoms with Crippen LogP contribution in [0.1, 0.15) is 5.56 Å². The third-order valence-corrected chi connectivity index (χ3v) is 5.03. The van der Waals surface area contributed by atoms with Crippen molar-refractivity contribution in [2.45, 2.75) is 0 Å². The Morgan fingerprint density at radius 3 is 2.55 bits per heavy atom. The first-order valence-electron chi connectivity index (χ1n) is 5.61. The SMILES string of the molecule is COc1cc(/C=C2\SC(=S)N(C)C2=O)cc(I)c1OC. The maximum atomic E-state index is 12.0. The summed E-state index contributed by atoms with van der Waals surface area (Å²) in [6.07, 6.45) is 1.81. The van der Waals surface area contributed by atoms with Crippen LogP contribution < -0.4 is 9.47 Å². The van der Waals surface area contributed by atoms with Crippen molar-refractivity contribution in [3.8, 4) is 11.5 Å². The Kier molecular flexibility index (Phi) is 4.92. The molecule has 1 aromatic carbocycles. The number of hydrogen-bond acceptors (Lipinski definition) is 5. The Bertz CT molecular complexity index is 616. The minimum Gasteiger partial charge on any atom is -0.493 e. The molecule has 4 nitrogen and oxygen atoms in total. The van der Waals surface area contributed by atoms with E-state index in [-0.39, 0.29) is 5.91 Å². The Labute approximate surface area is 140 Å². The lowest BCUT2D eigenvalue weighted by atomic mass is 10.2. The Morgan fingerprint density at radius 1 is 1.35 bits per heavy atom. The summed E-state index contributed by atoms with van der Waals surface area (Å²) in [5.41, 5.74) is 0.876. The number of carbonyl (C=O) groups is 1. The summed E-state index contributed by atoms with van der Waals surface area (Å²) in [6.45, 7) is 0. The van der Waals surface area contributed by atoms with E-state index >= 15 is 0 Å². The van der Waals surface area contributed by atoms with Gasteiger partial charge in [0.1, 0.15) is 4.32 Å². The second-order valence-electron chi connectivity index (χ2n) is 3.98. The molecule has 0 saturated carbocycles. The number of halogens is 1. The van der Waals surface area contributed by atoms with Gasteiger partial charge in [-0.2, -0.15) is 0 Å². The number of thioether (sulfide) groups is 1. The lowest BCUT2D eigenvalue weighted by Gasteiger charge is -2.10. The lowest BCUT2D eigenvalue weighted by molar-refractivity contribution is -0.121. The molecule has 1 aromatic rings. The van der Waals surface area contributed by atoms with Crippen LogP contribution in [0.2, 0.25) is 0 Å². The number of thiocarbonyl (C=S) groups is 1. The van der Waals surface area contributed by atoms with Gasteiger partial charge in [-0.3, -0.25) is 9.69 Å². The molecule has 1 saturated heterocycles. The number of benzene rings is 1. The summed E-state index contributed by atoms with van der Waals surface area (Å²) in [4.78, 5) is 14.1. The van der Waals surface area contributed by atoms with E-state index < -0.39 is 0 Å². The molecule has 106 valence electrons. The number of nitrogens with zero attached hydrogens (tertiary/aromatic N) is 1. The number of amides is 1. The predicted molar refractivity (Wildman–Crippen MR) is 93.2 cm³/mol. The fourth-order valence-corrected chi connectivity index (χ4v) is 3.74. The topological polar surface area (TPSA) is 38.8 Å². The van der Waals surface area contributed by atoms with E-state index in [1.807, 2.05) is 18.2 Å². The van der Waals surface area contributed by atoms with E-state index in [4.69, 9.17) is 21.7 Å². The van der Waals surface area contributed by atoms with Gasteiger partial charge in [-0.25, -0.2) is 0 Å². The van der Waals surface area contributed by atoms with E-state index in [0.29, 0.717) is 20.7 Å². The highest BCUT2D eigenvalue weighted by Gasteiger charge is 2.28. The number of rotatable bonds is 3. The highest BCUT2D eigenvalue weighted by molar-refractivity contribution is 14.1. The van der Waals surface area contributed by atoms with Crippen LogP contribution in [0.3, 0.4) is 0 Å². The highest BCUT2D eigenvalue weighted by atomic mass is 127. The molecular weight excluding hydrogens is 409 g/mol. The summed E-state index contributed by atoms with van der Waals surface area (Å²) < 4.78 is 12.1. The van der Waals surface area contributed by atoms with Crippen molar-refractivity contribution in [3.63, 3.8) is 0 Å². The van der Waals surface area contributed by atoms with E-state index in [0.717, 1.165) is 9.13 Å². The van der Waals surface area contributed by atoms with Gasteiger partial charge in [0, 0.05) is 7.05 Å². The Hall–Kier alpha value is -0.800. The van der Waals surface area contributed by atoms with Crippen molar-refractivity contribution in [3.05, 3.63) is 26.2 Å². The molecule has 2 rings (SSSR count). The van der Waals surface area contributed by atoms with Gasteiger partial charge in [0.25, 0.3) is 5.91 Å². The number of hydrogen-bond donors (Lipinski definition) is 0. The average Bonchev–Trinajstić information content (AvgIpc) is 2.65. The summed E-state index contributed by atoms with van der Waals surface area (Å²) >= 11 is 8.58. The van der Waals surface area contributed by atoms with Crippen LogP contribution in [0.25, 0.3) is 6.08 Å². The molecule has 0 aromatic heterocycles. The molecular formula is C13H12INO3S2. The fraction of sp³-hybridized carbons (Fsp3) is 0.231. The zero-order chi connectivity index (χ0) is 14.9. The standard InChI is InChI=1S/C13H12INO3S2/c1-15-12(16)10(20-13(15)19)6-7-4-8(14)11(18-3)9(5-7)17-2/h4-6H,1-3H3/b10-6-. The maximum absolute atomic E-state index is 12.0. The predicted octanol–water partition coefficient (Wildman–Crippen LogP) is 3.14. The zero-order valence-corrected chi connectivity index (χ0v) is 14.9. The van der Waals surface area contributed by atoms with Crippen LogP contribution in [0.4, 0.5) is 0 Å². The monoisotopic (exact) mass is 421 g/mol. The van der Waals surface area contributed by atoms with E-state index in [1.54, 1.807) is 21.3 Å². The molecule has 20 heavy (non-hydrogen) atoms. The zero-order valence-electron chi connectivity index (χ0n) is 11.1. The number of ether oxygens (including phenoxy) is 2. The molecule has 1 aliphatic rings. The van der Waals surface area contributed by atoms with Crippen LogP contribution in [0.15, 0.2) is 17.0 Å². The molecule has 1 heterocycles. The molecule has 0 N–H and O–H groups in total. The van der Waals surface area contributed by atoms with Gasteiger partial charge in [0.2, 0.25) is 0 Å². The molecule has 1 aliphatic heterocycles. The summed E-state index contributed by atoms with van der Waals surface area (Å²) in [5, 5.41) is 0. The molecule has 0 spiro atoms. The van der Waals surface area contributed by atoms with E-state index in [2.05, 4.69) is 22.6 Å². The van der Waals surface area contributed by atoms with Crippen LogP contribution in [0.5, 0.6) is 11.5 Å². The first kappa shape index (κ1) is 15.6. The van der Waals surface area contributed by atoms with Crippen LogP contribution in [0, 0.1) is 3.57 Å². The fourth-order valence-electron chi connectivity index (χ4n) is 1.72. The van der Waals surface area contributed by atoms with Gasteiger partial charge < -0.3 is 9.47 Å². The van der Waals surface area contributed by atoms with E-state index in [9.17, 15) is 4.79 Å². The first-order valence-corrected chi connectivity index (χ1v) is 7.91. The van der Waals surface area contributed by atoms with Crippen molar-refractivity contribution in [2.24, 2.45) is 0 Å². The Morgan fingerprint density at radius 2 is 2.05 bits per heavy atom. The van der Waals surface area contributed by atoms with Gasteiger partial charge in [-0.05, 0) is 46.4 Å². The minimum absolute atomic E-state index is 0.0789. The average molecular weight is 421 g/mol. The summed E-state index contributed by atoms with van der Waals surface area (Å²) in [7, 11) is 4.86. The second-order valence-corrected chi connectivity index (χ2v) is 6.82. The molecule has 0 atom stereocenters. The quantitative estimate of drug-likeness (QED) is 0.426. The highest BCUT2D eigenvalue weighted by Crippen LogP contribution is 2.36. The normalized spacial score (nSPS) is 17.0. The Balaban J connectivity index is 2.42. The second kappa shape index (κ2) is 6.31. The summed E-state index contributed by atoms with van der Waals surface area (Å²) in [6, 6.07) is 3.77. The lowest BCUT2D eigenvalue weighted by Crippen LogP contribution is -2.22. The molecule has 1 amide bonds. The number of likely N-dealkylation sites (N-methyl/N-ethyl adjacent to an activating group) is 1. The van der Waals surface area contributed by atoms with E-state index in [1.165, 1.54) is 16.7 Å². The van der Waals surface area contributed by atoms with Gasteiger partial charge in [-0.15, -0.1) is 0 Å². The summed E-state index contributed by atoms with van der Waals surface area (Å²) in [5.74, 6) is 1.25. The molecule has 0 aliphatic carbocycles. The van der Waals surface area contributed by atoms with Crippen LogP contribution in [-0.4, -0.2) is 36.4 Å². The molecule has 0 unspecified atom stereocenters. The van der Waals surface area contributed by atoms with Crippen molar-refractivity contribution in [1.82, 2.24) is 4.90 Å². The van der Waals surface area contributed by atoms with Crippen LogP contribution in [-0.2, 0) is 4.79 Å². The maximum Gasteiger partial charge on any atom is 0.265 e. The third kappa shape index (κ3) is 2.94. The number of methoxy groups -OCH3 is 2. The van der Waals surface area contributed by atoms with Gasteiger partial charge in [0.05, 0.1) is 22.7 Å². The van der Waals surface area contributed by atoms with Gasteiger partial charge in [-0.1, -0.05) is 24.0 Å².